The van der Waals surface area contributed by atoms with E-state index in [4.69, 9.17) is 4.74 Å². The molecule has 1 aromatic carbocycles. The van der Waals surface area contributed by atoms with Gasteiger partial charge in [0, 0.05) is 26.2 Å². The van der Waals surface area contributed by atoms with Crippen molar-refractivity contribution in [2.24, 2.45) is 5.92 Å². The van der Waals surface area contributed by atoms with Crippen LogP contribution in [0.4, 0.5) is 4.39 Å². The first kappa shape index (κ1) is 23.5. The van der Waals surface area contributed by atoms with Crippen LogP contribution in [0.15, 0.2) is 18.2 Å². The van der Waals surface area contributed by atoms with Crippen molar-refractivity contribution in [2.75, 3.05) is 26.7 Å². The fourth-order valence-corrected chi connectivity index (χ4v) is 4.79. The second kappa shape index (κ2) is 9.98. The number of methoxy groups -OCH3 is 1. The van der Waals surface area contributed by atoms with Crippen LogP contribution < -0.4 is 10.1 Å². The summed E-state index contributed by atoms with van der Waals surface area (Å²) in [6, 6.07) is 4.59. The Morgan fingerprint density at radius 3 is 2.55 bits per heavy atom. The maximum absolute atomic E-state index is 14.0. The standard InChI is InChI=1S/C24H36FN3O3/c1-5-6-11-28-22(29)20(14-17(2)3)26-23(30)24(28)9-12-27(13-10-24)16-18-7-8-21(31-4)19(25)15-18/h7-8,15,17,20H,5-6,9-14,16H2,1-4H3,(H,26,30). The van der Waals surface area contributed by atoms with E-state index in [-0.39, 0.29) is 23.4 Å². The van der Waals surface area contributed by atoms with Gasteiger partial charge in [-0.15, -0.1) is 0 Å². The summed E-state index contributed by atoms with van der Waals surface area (Å²) in [5.41, 5.74) is 0.111. The number of carbonyl (C=O) groups excluding carboxylic acids is 2. The van der Waals surface area contributed by atoms with Crippen molar-refractivity contribution in [2.45, 2.75) is 71.0 Å². The van der Waals surface area contributed by atoms with Crippen LogP contribution in [0.2, 0.25) is 0 Å². The van der Waals surface area contributed by atoms with E-state index in [1.54, 1.807) is 6.07 Å². The van der Waals surface area contributed by atoms with E-state index in [1.165, 1.54) is 13.2 Å². The van der Waals surface area contributed by atoms with Gasteiger partial charge in [0.05, 0.1) is 7.11 Å². The summed E-state index contributed by atoms with van der Waals surface area (Å²) in [5, 5.41) is 3.04. The molecular weight excluding hydrogens is 397 g/mol. The zero-order valence-corrected chi connectivity index (χ0v) is 19.2. The summed E-state index contributed by atoms with van der Waals surface area (Å²) in [5.74, 6) is 0.258. The van der Waals surface area contributed by atoms with Gasteiger partial charge in [-0.25, -0.2) is 4.39 Å². The van der Waals surface area contributed by atoms with Crippen molar-refractivity contribution in [3.05, 3.63) is 29.6 Å². The molecule has 0 aliphatic carbocycles. The number of hydrogen-bond donors (Lipinski definition) is 1. The number of benzene rings is 1. The number of rotatable bonds is 8. The van der Waals surface area contributed by atoms with Gasteiger partial charge in [-0.05, 0) is 49.3 Å². The summed E-state index contributed by atoms with van der Waals surface area (Å²) >= 11 is 0. The Morgan fingerprint density at radius 2 is 1.97 bits per heavy atom. The van der Waals surface area contributed by atoms with Crippen molar-refractivity contribution in [3.63, 3.8) is 0 Å². The van der Waals surface area contributed by atoms with Crippen molar-refractivity contribution in [3.8, 4) is 5.75 Å². The lowest BCUT2D eigenvalue weighted by Gasteiger charge is -2.52. The van der Waals surface area contributed by atoms with E-state index in [2.05, 4.69) is 31.0 Å². The van der Waals surface area contributed by atoms with Gasteiger partial charge >= 0.3 is 0 Å². The van der Waals surface area contributed by atoms with Crippen LogP contribution in [0.5, 0.6) is 5.75 Å². The zero-order chi connectivity index (χ0) is 22.6. The lowest BCUT2D eigenvalue weighted by Crippen LogP contribution is -2.73. The molecular formula is C24H36FN3O3. The normalized spacial score (nSPS) is 21.6. The van der Waals surface area contributed by atoms with E-state index < -0.39 is 11.6 Å². The lowest BCUT2D eigenvalue weighted by molar-refractivity contribution is -0.161. The first-order chi connectivity index (χ1) is 14.8. The van der Waals surface area contributed by atoms with Crippen LogP contribution >= 0.6 is 0 Å². The molecule has 7 heteroatoms. The monoisotopic (exact) mass is 433 g/mol. The summed E-state index contributed by atoms with van der Waals surface area (Å²) in [4.78, 5) is 30.7. The number of unbranched alkanes of at least 4 members (excludes halogenated alkanes) is 1. The average Bonchev–Trinajstić information content (AvgIpc) is 2.73. The van der Waals surface area contributed by atoms with Crippen LogP contribution in [0.3, 0.4) is 0 Å². The molecule has 2 fully saturated rings. The molecule has 1 atom stereocenters. The quantitative estimate of drug-likeness (QED) is 0.683. The van der Waals surface area contributed by atoms with Gasteiger partial charge in [0.25, 0.3) is 0 Å². The topological polar surface area (TPSA) is 61.9 Å². The molecule has 31 heavy (non-hydrogen) atoms. The number of ether oxygens (including phenoxy) is 1. The molecule has 1 aromatic rings. The molecule has 2 amide bonds. The largest absolute Gasteiger partial charge is 0.494 e. The second-order valence-corrected chi connectivity index (χ2v) is 9.28. The van der Waals surface area contributed by atoms with E-state index in [1.807, 2.05) is 11.0 Å². The van der Waals surface area contributed by atoms with Gasteiger partial charge in [0.15, 0.2) is 11.6 Å². The van der Waals surface area contributed by atoms with Crippen molar-refractivity contribution in [1.29, 1.82) is 0 Å². The minimum atomic E-state index is -0.763. The molecule has 0 bridgehead atoms. The van der Waals surface area contributed by atoms with Gasteiger partial charge in [-0.2, -0.15) is 0 Å². The predicted molar refractivity (Wildman–Crippen MR) is 118 cm³/mol. The number of piperazine rings is 1. The average molecular weight is 434 g/mol. The molecule has 1 spiro atoms. The number of nitrogens with one attached hydrogen (secondary N) is 1. The van der Waals surface area contributed by atoms with E-state index >= 15 is 0 Å². The maximum atomic E-state index is 14.0. The van der Waals surface area contributed by atoms with Crippen molar-refractivity contribution in [1.82, 2.24) is 15.1 Å². The molecule has 2 aliphatic heterocycles. The molecule has 0 saturated carbocycles. The maximum Gasteiger partial charge on any atom is 0.246 e. The van der Waals surface area contributed by atoms with Gasteiger partial charge in [-0.1, -0.05) is 33.3 Å². The summed E-state index contributed by atoms with van der Waals surface area (Å²) in [7, 11) is 1.45. The number of likely N-dealkylation sites (tertiary alicyclic amines) is 1. The molecule has 3 rings (SSSR count). The fraction of sp³-hybridized carbons (Fsp3) is 0.667. The number of amides is 2. The van der Waals surface area contributed by atoms with Crippen LogP contribution in [0.25, 0.3) is 0 Å². The number of piperidine rings is 1. The fourth-order valence-electron chi connectivity index (χ4n) is 4.79. The highest BCUT2D eigenvalue weighted by molar-refractivity contribution is 6.00. The molecule has 1 unspecified atom stereocenters. The number of hydrogen-bond acceptors (Lipinski definition) is 4. The highest BCUT2D eigenvalue weighted by Crippen LogP contribution is 2.35. The van der Waals surface area contributed by atoms with Gasteiger partial charge in [0.2, 0.25) is 11.8 Å². The zero-order valence-electron chi connectivity index (χ0n) is 19.2. The Hall–Kier alpha value is -2.15. The molecule has 2 heterocycles. The molecule has 0 aromatic heterocycles. The number of carbonyl (C=O) groups is 2. The van der Waals surface area contributed by atoms with Crippen LogP contribution in [-0.4, -0.2) is 59.9 Å². The Bertz CT molecular complexity index is 790. The summed E-state index contributed by atoms with van der Waals surface area (Å²) in [6.07, 6.45) is 3.73. The minimum absolute atomic E-state index is 0.0102. The number of nitrogens with zero attached hydrogens (tertiary/aromatic N) is 2. The summed E-state index contributed by atoms with van der Waals surface area (Å²) in [6.45, 7) is 8.85. The Labute approximate surface area is 185 Å². The van der Waals surface area contributed by atoms with Crippen LogP contribution in [0, 0.1) is 11.7 Å². The number of halogens is 1. The Morgan fingerprint density at radius 1 is 1.26 bits per heavy atom. The van der Waals surface area contributed by atoms with E-state index in [0.717, 1.165) is 18.4 Å². The van der Waals surface area contributed by atoms with Gasteiger partial charge in [0.1, 0.15) is 11.6 Å². The molecule has 172 valence electrons. The molecule has 2 aliphatic rings. The predicted octanol–water partition coefficient (Wildman–Crippen LogP) is 3.34. The van der Waals surface area contributed by atoms with E-state index in [0.29, 0.717) is 51.4 Å². The molecule has 6 nitrogen and oxygen atoms in total. The van der Waals surface area contributed by atoms with E-state index in [9.17, 15) is 14.0 Å². The van der Waals surface area contributed by atoms with Crippen LogP contribution in [-0.2, 0) is 16.1 Å². The third-order valence-electron chi connectivity index (χ3n) is 6.56. The Balaban J connectivity index is 1.71. The third-order valence-corrected chi connectivity index (χ3v) is 6.56. The smallest absolute Gasteiger partial charge is 0.246 e. The molecule has 2 saturated heterocycles. The highest BCUT2D eigenvalue weighted by Gasteiger charge is 2.53. The second-order valence-electron chi connectivity index (χ2n) is 9.28. The Kier molecular flexibility index (Phi) is 7.57. The molecule has 1 N–H and O–H groups in total. The first-order valence-electron chi connectivity index (χ1n) is 11.5. The van der Waals surface area contributed by atoms with Crippen molar-refractivity contribution < 1.29 is 18.7 Å². The highest BCUT2D eigenvalue weighted by atomic mass is 19.1. The molecule has 0 radical (unpaired) electrons. The van der Waals surface area contributed by atoms with Crippen LogP contribution in [0.1, 0.15) is 58.4 Å². The minimum Gasteiger partial charge on any atom is -0.494 e. The van der Waals surface area contributed by atoms with Gasteiger partial charge in [-0.3, -0.25) is 14.5 Å². The SMILES string of the molecule is CCCCN1C(=O)C(CC(C)C)NC(=O)C12CCN(Cc1ccc(OC)c(F)c1)CC2. The van der Waals surface area contributed by atoms with Gasteiger partial charge < -0.3 is 15.0 Å². The third kappa shape index (κ3) is 5.03. The van der Waals surface area contributed by atoms with Crippen molar-refractivity contribution >= 4 is 11.8 Å². The summed E-state index contributed by atoms with van der Waals surface area (Å²) < 4.78 is 19.0. The lowest BCUT2D eigenvalue weighted by atomic mass is 9.80. The first-order valence-corrected chi connectivity index (χ1v) is 11.5.